The van der Waals surface area contributed by atoms with Crippen LogP contribution < -0.4 is 34.9 Å². The Bertz CT molecular complexity index is 1470. The molecule has 1 aliphatic rings. The quantitative estimate of drug-likeness (QED) is 0.210. The molecule has 3 N–H and O–H groups in total. The minimum Gasteiger partial charge on any atom is -0.497 e. The predicted octanol–water partition coefficient (Wildman–Crippen LogP) is 4.50. The Morgan fingerprint density at radius 3 is 2.44 bits per heavy atom. The smallest absolute Gasteiger partial charge is 0.497 e. The molecule has 4 rings (SSSR count). The SMILES string of the molecule is COc1cccc(OCCNC(=O)CN(CC(=O)N2CCC=CC(N)C2)c2ccccc2Oc2ccccc2OC(F)(F)F)c1. The number of methoxy groups -OCH3 is 1. The molecular formula is C32H35F3N4O6. The van der Waals surface area contributed by atoms with Crippen LogP contribution in [0.3, 0.4) is 0 Å². The first-order valence-corrected chi connectivity index (χ1v) is 14.2. The fourth-order valence-electron chi connectivity index (χ4n) is 4.57. The summed E-state index contributed by atoms with van der Waals surface area (Å²) in [7, 11) is 1.55. The van der Waals surface area contributed by atoms with Crippen molar-refractivity contribution in [3.63, 3.8) is 0 Å². The Kier molecular flexibility index (Phi) is 11.5. The van der Waals surface area contributed by atoms with Crippen molar-refractivity contribution >= 4 is 17.5 Å². The summed E-state index contributed by atoms with van der Waals surface area (Å²) in [5.41, 5.74) is 6.40. The van der Waals surface area contributed by atoms with E-state index in [4.69, 9.17) is 19.9 Å². The number of benzene rings is 3. The molecule has 0 saturated carbocycles. The molecule has 0 saturated heterocycles. The molecule has 0 radical (unpaired) electrons. The number of nitrogens with two attached hydrogens (primary N) is 1. The highest BCUT2D eigenvalue weighted by molar-refractivity contribution is 5.87. The van der Waals surface area contributed by atoms with Gasteiger partial charge in [0.1, 0.15) is 18.1 Å². The van der Waals surface area contributed by atoms with E-state index in [1.165, 1.54) is 29.2 Å². The van der Waals surface area contributed by atoms with Gasteiger partial charge in [0.15, 0.2) is 17.2 Å². The van der Waals surface area contributed by atoms with E-state index >= 15 is 0 Å². The lowest BCUT2D eigenvalue weighted by Gasteiger charge is -2.30. The van der Waals surface area contributed by atoms with E-state index in [0.717, 1.165) is 6.07 Å². The number of carbonyl (C=O) groups excluding carboxylic acids is 2. The van der Waals surface area contributed by atoms with Gasteiger partial charge in [0, 0.05) is 25.2 Å². The second-order valence-corrected chi connectivity index (χ2v) is 10.0. The second kappa shape index (κ2) is 15.7. The summed E-state index contributed by atoms with van der Waals surface area (Å²) < 4.78 is 60.0. The van der Waals surface area contributed by atoms with Crippen LogP contribution in [0.15, 0.2) is 84.9 Å². The van der Waals surface area contributed by atoms with Gasteiger partial charge in [0.25, 0.3) is 0 Å². The van der Waals surface area contributed by atoms with Gasteiger partial charge in [0.2, 0.25) is 11.8 Å². The van der Waals surface area contributed by atoms with Gasteiger partial charge in [-0.15, -0.1) is 13.2 Å². The minimum absolute atomic E-state index is 0.118. The molecule has 0 fully saturated rings. The highest BCUT2D eigenvalue weighted by Crippen LogP contribution is 2.38. The highest BCUT2D eigenvalue weighted by atomic mass is 19.4. The minimum atomic E-state index is -4.94. The molecule has 3 aromatic rings. The lowest BCUT2D eigenvalue weighted by molar-refractivity contribution is -0.275. The van der Waals surface area contributed by atoms with E-state index in [1.54, 1.807) is 54.5 Å². The Hall–Kier alpha value is -4.91. The van der Waals surface area contributed by atoms with Crippen molar-refractivity contribution < 1.29 is 41.7 Å². The van der Waals surface area contributed by atoms with Gasteiger partial charge in [-0.2, -0.15) is 0 Å². The molecule has 1 unspecified atom stereocenters. The van der Waals surface area contributed by atoms with Crippen LogP contribution in [0, 0.1) is 0 Å². The van der Waals surface area contributed by atoms with Crippen LogP contribution in [0.1, 0.15) is 6.42 Å². The van der Waals surface area contributed by atoms with Gasteiger partial charge >= 0.3 is 6.36 Å². The Morgan fingerprint density at radius 1 is 0.978 bits per heavy atom. The van der Waals surface area contributed by atoms with E-state index in [0.29, 0.717) is 36.7 Å². The Labute approximate surface area is 259 Å². The van der Waals surface area contributed by atoms with E-state index in [2.05, 4.69) is 10.1 Å². The molecule has 2 amide bonds. The molecule has 0 aliphatic carbocycles. The van der Waals surface area contributed by atoms with Gasteiger partial charge in [-0.3, -0.25) is 9.59 Å². The average Bonchev–Trinajstić information content (AvgIpc) is 3.24. The monoisotopic (exact) mass is 628 g/mol. The lowest BCUT2D eigenvalue weighted by Crippen LogP contribution is -2.47. The molecule has 3 aromatic carbocycles. The summed E-state index contributed by atoms with van der Waals surface area (Å²) in [5, 5.41) is 2.78. The summed E-state index contributed by atoms with van der Waals surface area (Å²) in [4.78, 5) is 29.7. The van der Waals surface area contributed by atoms with E-state index in [-0.39, 0.29) is 49.7 Å². The number of halogens is 3. The van der Waals surface area contributed by atoms with Crippen molar-refractivity contribution in [1.82, 2.24) is 10.2 Å². The maximum atomic E-state index is 13.5. The topological polar surface area (TPSA) is 116 Å². The lowest BCUT2D eigenvalue weighted by atomic mass is 10.2. The molecule has 1 heterocycles. The van der Waals surface area contributed by atoms with Gasteiger partial charge in [0.05, 0.1) is 32.4 Å². The van der Waals surface area contributed by atoms with Crippen LogP contribution in [0.25, 0.3) is 0 Å². The van der Waals surface area contributed by atoms with Crippen molar-refractivity contribution in [2.75, 3.05) is 51.3 Å². The number of nitrogens with zero attached hydrogens (tertiary/aromatic N) is 2. The number of anilines is 1. The van der Waals surface area contributed by atoms with Crippen LogP contribution in [0.5, 0.6) is 28.7 Å². The van der Waals surface area contributed by atoms with Gasteiger partial charge in [-0.25, -0.2) is 0 Å². The molecule has 1 atom stereocenters. The van der Waals surface area contributed by atoms with Crippen molar-refractivity contribution in [3.8, 4) is 28.7 Å². The number of hydrogen-bond acceptors (Lipinski definition) is 8. The molecular weight excluding hydrogens is 593 g/mol. The first-order valence-electron chi connectivity index (χ1n) is 14.2. The largest absolute Gasteiger partial charge is 0.573 e. The Morgan fingerprint density at radius 2 is 1.69 bits per heavy atom. The van der Waals surface area contributed by atoms with Crippen molar-refractivity contribution in [2.45, 2.75) is 18.8 Å². The molecule has 45 heavy (non-hydrogen) atoms. The maximum absolute atomic E-state index is 13.5. The predicted molar refractivity (Wildman–Crippen MR) is 162 cm³/mol. The molecule has 13 heteroatoms. The molecule has 1 aliphatic heterocycles. The van der Waals surface area contributed by atoms with Gasteiger partial charge in [-0.1, -0.05) is 42.5 Å². The second-order valence-electron chi connectivity index (χ2n) is 10.0. The molecule has 0 bridgehead atoms. The zero-order valence-corrected chi connectivity index (χ0v) is 24.7. The summed E-state index contributed by atoms with van der Waals surface area (Å²) in [6.07, 6.45) is -0.548. The third-order valence-electron chi connectivity index (χ3n) is 6.63. The number of hydrogen-bond donors (Lipinski definition) is 2. The van der Waals surface area contributed by atoms with Gasteiger partial charge < -0.3 is 39.8 Å². The van der Waals surface area contributed by atoms with Crippen molar-refractivity contribution in [2.24, 2.45) is 5.73 Å². The van der Waals surface area contributed by atoms with E-state index in [1.807, 2.05) is 12.2 Å². The third kappa shape index (κ3) is 10.3. The van der Waals surface area contributed by atoms with Crippen LogP contribution >= 0.6 is 0 Å². The van der Waals surface area contributed by atoms with Gasteiger partial charge in [-0.05, 0) is 42.8 Å². The van der Waals surface area contributed by atoms with E-state index in [9.17, 15) is 22.8 Å². The van der Waals surface area contributed by atoms with Crippen LogP contribution in [0.4, 0.5) is 18.9 Å². The first kappa shape index (κ1) is 33.0. The fraction of sp³-hybridized carbons (Fsp3) is 0.312. The normalized spacial score (nSPS) is 14.7. The van der Waals surface area contributed by atoms with Crippen molar-refractivity contribution in [1.29, 1.82) is 0 Å². The number of nitrogens with one attached hydrogen (secondary N) is 1. The molecule has 240 valence electrons. The van der Waals surface area contributed by atoms with Crippen LogP contribution in [-0.2, 0) is 9.59 Å². The summed E-state index contributed by atoms with van der Waals surface area (Å²) in [6.45, 7) is 0.616. The highest BCUT2D eigenvalue weighted by Gasteiger charge is 2.33. The standard InChI is InChI=1S/C32H35F3N4O6/c1-42-24-10-8-11-25(19-24)43-18-16-37-30(40)21-39(22-31(41)38-17-7-6-9-23(36)20-38)26-12-2-3-13-27(26)44-28-14-4-5-15-29(28)45-32(33,34)35/h2-6,8-15,19,23H,7,16-18,20-22,36H2,1H3,(H,37,40). The molecule has 0 aromatic heterocycles. The molecule has 10 nitrogen and oxygen atoms in total. The maximum Gasteiger partial charge on any atom is 0.573 e. The number of carbonyl (C=O) groups is 2. The van der Waals surface area contributed by atoms with Crippen LogP contribution in [0.2, 0.25) is 0 Å². The molecule has 0 spiro atoms. The zero-order valence-electron chi connectivity index (χ0n) is 24.7. The van der Waals surface area contributed by atoms with Crippen LogP contribution in [-0.4, -0.2) is 75.6 Å². The average molecular weight is 629 g/mol. The van der Waals surface area contributed by atoms with Crippen molar-refractivity contribution in [3.05, 3.63) is 84.9 Å². The first-order chi connectivity index (χ1) is 21.6. The Balaban J connectivity index is 1.51. The number of amides is 2. The summed E-state index contributed by atoms with van der Waals surface area (Å²) in [5.74, 6) is -0.111. The zero-order chi connectivity index (χ0) is 32.2. The number of rotatable bonds is 13. The summed E-state index contributed by atoms with van der Waals surface area (Å²) >= 11 is 0. The number of para-hydroxylation sites is 4. The number of ether oxygens (including phenoxy) is 4. The number of alkyl halides is 3. The fourth-order valence-corrected chi connectivity index (χ4v) is 4.57. The summed E-state index contributed by atoms with van der Waals surface area (Å²) in [6, 6.07) is 18.5. The third-order valence-corrected chi connectivity index (χ3v) is 6.63. The van der Waals surface area contributed by atoms with E-state index < -0.39 is 18.0 Å².